The van der Waals surface area contributed by atoms with Gasteiger partial charge in [0.15, 0.2) is 0 Å². The SMILES string of the molecule is Cc1ccsc1CNCCN1CCC(c2ccccc2)C1. The van der Waals surface area contributed by atoms with Gasteiger partial charge in [0.2, 0.25) is 0 Å². The molecule has 0 amide bonds. The van der Waals surface area contributed by atoms with Gasteiger partial charge in [0.05, 0.1) is 0 Å². The van der Waals surface area contributed by atoms with Crippen LogP contribution in [0.4, 0.5) is 0 Å². The van der Waals surface area contributed by atoms with Crippen LogP contribution in [0.15, 0.2) is 41.8 Å². The van der Waals surface area contributed by atoms with Gasteiger partial charge >= 0.3 is 0 Å². The molecule has 0 saturated carbocycles. The predicted octanol–water partition coefficient (Wildman–Crippen LogP) is 3.64. The van der Waals surface area contributed by atoms with Crippen molar-refractivity contribution in [2.45, 2.75) is 25.8 Å². The molecule has 2 nitrogen and oxygen atoms in total. The Labute approximate surface area is 131 Å². The molecule has 0 aliphatic carbocycles. The number of nitrogens with zero attached hydrogens (tertiary/aromatic N) is 1. The van der Waals surface area contributed by atoms with E-state index in [1.807, 2.05) is 11.3 Å². The van der Waals surface area contributed by atoms with E-state index in [2.05, 4.69) is 58.9 Å². The predicted molar refractivity (Wildman–Crippen MR) is 91.0 cm³/mol. The highest BCUT2D eigenvalue weighted by Gasteiger charge is 2.22. The zero-order valence-electron chi connectivity index (χ0n) is 12.7. The summed E-state index contributed by atoms with van der Waals surface area (Å²) in [5.41, 5.74) is 2.92. The lowest BCUT2D eigenvalue weighted by atomic mass is 9.99. The van der Waals surface area contributed by atoms with Crippen molar-refractivity contribution in [3.8, 4) is 0 Å². The minimum absolute atomic E-state index is 0.728. The summed E-state index contributed by atoms with van der Waals surface area (Å²) >= 11 is 1.85. The van der Waals surface area contributed by atoms with Crippen molar-refractivity contribution >= 4 is 11.3 Å². The molecule has 3 heteroatoms. The summed E-state index contributed by atoms with van der Waals surface area (Å²) in [7, 11) is 0. The minimum Gasteiger partial charge on any atom is -0.311 e. The van der Waals surface area contributed by atoms with Crippen molar-refractivity contribution in [3.05, 3.63) is 57.8 Å². The molecule has 3 rings (SSSR count). The summed E-state index contributed by atoms with van der Waals surface area (Å²) in [4.78, 5) is 4.06. The Morgan fingerprint density at radius 2 is 2.10 bits per heavy atom. The number of nitrogens with one attached hydrogen (secondary N) is 1. The quantitative estimate of drug-likeness (QED) is 0.820. The van der Waals surface area contributed by atoms with Gasteiger partial charge < -0.3 is 10.2 Å². The fraction of sp³-hybridized carbons (Fsp3) is 0.444. The fourth-order valence-corrected chi connectivity index (χ4v) is 3.93. The van der Waals surface area contributed by atoms with E-state index in [0.717, 1.165) is 25.6 Å². The number of benzene rings is 1. The number of aryl methyl sites for hydroxylation is 1. The maximum absolute atomic E-state index is 3.58. The Hall–Kier alpha value is -1.16. The zero-order chi connectivity index (χ0) is 14.5. The molecule has 0 spiro atoms. The Balaban J connectivity index is 1.38. The Kier molecular flexibility index (Phi) is 5.07. The smallest absolute Gasteiger partial charge is 0.0302 e. The summed E-state index contributed by atoms with van der Waals surface area (Å²) in [6, 6.07) is 13.2. The molecule has 112 valence electrons. The van der Waals surface area contributed by atoms with E-state index in [1.54, 1.807) is 0 Å². The molecule has 2 heterocycles. The van der Waals surface area contributed by atoms with E-state index in [-0.39, 0.29) is 0 Å². The number of hydrogen-bond donors (Lipinski definition) is 1. The highest BCUT2D eigenvalue weighted by Crippen LogP contribution is 2.26. The summed E-state index contributed by atoms with van der Waals surface area (Å²) in [5.74, 6) is 0.728. The zero-order valence-corrected chi connectivity index (χ0v) is 13.5. The van der Waals surface area contributed by atoms with Crippen molar-refractivity contribution in [2.75, 3.05) is 26.2 Å². The third-order valence-corrected chi connectivity index (χ3v) is 5.42. The first-order valence-corrected chi connectivity index (χ1v) is 8.72. The fourth-order valence-electron chi connectivity index (χ4n) is 3.06. The van der Waals surface area contributed by atoms with Gasteiger partial charge in [0.1, 0.15) is 0 Å². The Morgan fingerprint density at radius 3 is 2.86 bits per heavy atom. The van der Waals surface area contributed by atoms with E-state index in [1.165, 1.54) is 35.5 Å². The maximum atomic E-state index is 3.58. The molecule has 0 bridgehead atoms. The molecule has 1 unspecified atom stereocenters. The average molecular weight is 300 g/mol. The van der Waals surface area contributed by atoms with Gasteiger partial charge in [0, 0.05) is 31.1 Å². The van der Waals surface area contributed by atoms with Crippen molar-refractivity contribution in [2.24, 2.45) is 0 Å². The van der Waals surface area contributed by atoms with Gasteiger partial charge in [0.25, 0.3) is 0 Å². The van der Waals surface area contributed by atoms with E-state index >= 15 is 0 Å². The van der Waals surface area contributed by atoms with Crippen LogP contribution >= 0.6 is 11.3 Å². The van der Waals surface area contributed by atoms with Gasteiger partial charge in [-0.25, -0.2) is 0 Å². The second-order valence-corrected chi connectivity index (χ2v) is 6.90. The van der Waals surface area contributed by atoms with Crippen LogP contribution in [0, 0.1) is 6.92 Å². The van der Waals surface area contributed by atoms with E-state index in [4.69, 9.17) is 0 Å². The molecule has 1 aliphatic rings. The van der Waals surface area contributed by atoms with E-state index in [0.29, 0.717) is 0 Å². The molecular weight excluding hydrogens is 276 g/mol. The van der Waals surface area contributed by atoms with Gasteiger partial charge in [-0.2, -0.15) is 0 Å². The van der Waals surface area contributed by atoms with Crippen LogP contribution in [0.3, 0.4) is 0 Å². The van der Waals surface area contributed by atoms with Crippen LogP contribution in [0.1, 0.15) is 28.3 Å². The van der Waals surface area contributed by atoms with Crippen molar-refractivity contribution < 1.29 is 0 Å². The lowest BCUT2D eigenvalue weighted by Gasteiger charge is -2.16. The summed E-state index contributed by atoms with van der Waals surface area (Å²) in [6.07, 6.45) is 1.30. The molecule has 1 atom stereocenters. The molecule has 1 aromatic heterocycles. The summed E-state index contributed by atoms with van der Waals surface area (Å²) < 4.78 is 0. The second kappa shape index (κ2) is 7.21. The highest BCUT2D eigenvalue weighted by molar-refractivity contribution is 7.10. The third kappa shape index (κ3) is 3.94. The number of hydrogen-bond acceptors (Lipinski definition) is 3. The lowest BCUT2D eigenvalue weighted by Crippen LogP contribution is -2.30. The van der Waals surface area contributed by atoms with Gasteiger partial charge in [-0.15, -0.1) is 11.3 Å². The second-order valence-electron chi connectivity index (χ2n) is 5.90. The molecule has 1 aromatic carbocycles. The number of likely N-dealkylation sites (tertiary alicyclic amines) is 1. The minimum atomic E-state index is 0.728. The van der Waals surface area contributed by atoms with E-state index in [9.17, 15) is 0 Å². The highest BCUT2D eigenvalue weighted by atomic mass is 32.1. The molecule has 1 N–H and O–H groups in total. The largest absolute Gasteiger partial charge is 0.311 e. The van der Waals surface area contributed by atoms with Crippen LogP contribution in [0.25, 0.3) is 0 Å². The van der Waals surface area contributed by atoms with Gasteiger partial charge in [-0.3, -0.25) is 0 Å². The van der Waals surface area contributed by atoms with Crippen LogP contribution in [0.5, 0.6) is 0 Å². The molecule has 0 radical (unpaired) electrons. The third-order valence-electron chi connectivity index (χ3n) is 4.40. The van der Waals surface area contributed by atoms with Crippen LogP contribution in [0.2, 0.25) is 0 Å². The van der Waals surface area contributed by atoms with Crippen molar-refractivity contribution in [1.29, 1.82) is 0 Å². The maximum Gasteiger partial charge on any atom is 0.0302 e. The van der Waals surface area contributed by atoms with E-state index < -0.39 is 0 Å². The first kappa shape index (κ1) is 14.8. The monoisotopic (exact) mass is 300 g/mol. The molecule has 1 fully saturated rings. The molecule has 21 heavy (non-hydrogen) atoms. The van der Waals surface area contributed by atoms with Crippen molar-refractivity contribution in [1.82, 2.24) is 10.2 Å². The Bertz CT molecular complexity index is 549. The Morgan fingerprint density at radius 1 is 1.24 bits per heavy atom. The standard InChI is InChI=1S/C18H24N2S/c1-15-8-12-21-18(15)13-19-9-11-20-10-7-17(14-20)16-5-3-2-4-6-16/h2-6,8,12,17,19H,7,9-11,13-14H2,1H3. The molecule has 1 aliphatic heterocycles. The van der Waals surface area contributed by atoms with Crippen LogP contribution in [-0.2, 0) is 6.54 Å². The van der Waals surface area contributed by atoms with Crippen LogP contribution in [-0.4, -0.2) is 31.1 Å². The topological polar surface area (TPSA) is 15.3 Å². The summed E-state index contributed by atoms with van der Waals surface area (Å²) in [6.45, 7) is 7.90. The molecule has 2 aromatic rings. The van der Waals surface area contributed by atoms with Gasteiger partial charge in [-0.1, -0.05) is 30.3 Å². The number of thiophene rings is 1. The first-order chi connectivity index (χ1) is 10.3. The van der Waals surface area contributed by atoms with Gasteiger partial charge in [-0.05, 0) is 48.4 Å². The first-order valence-electron chi connectivity index (χ1n) is 7.84. The molecule has 1 saturated heterocycles. The summed E-state index contributed by atoms with van der Waals surface area (Å²) in [5, 5.41) is 5.76. The van der Waals surface area contributed by atoms with Crippen molar-refractivity contribution in [3.63, 3.8) is 0 Å². The van der Waals surface area contributed by atoms with Crippen LogP contribution < -0.4 is 5.32 Å². The average Bonchev–Trinajstić information content (AvgIpc) is 3.14. The normalized spacial score (nSPS) is 19.2. The number of rotatable bonds is 6. The molecular formula is C18H24N2S. The lowest BCUT2D eigenvalue weighted by molar-refractivity contribution is 0.331.